The molecule has 0 amide bonds. The Morgan fingerprint density at radius 1 is 0.968 bits per heavy atom. The van der Waals surface area contributed by atoms with Crippen LogP contribution in [0.25, 0.3) is 28.7 Å². The molecular weight excluding hydrogens is 480 g/mol. The molecule has 0 atom stereocenters. The monoisotopic (exact) mass is 496 g/mol. The van der Waals surface area contributed by atoms with E-state index < -0.39 is 0 Å². The van der Waals surface area contributed by atoms with Gasteiger partial charge in [0.25, 0.3) is 5.56 Å². The number of benzene rings is 3. The van der Waals surface area contributed by atoms with E-state index in [0.717, 1.165) is 10.0 Å². The zero-order valence-corrected chi connectivity index (χ0v) is 19.1. The second-order valence-corrected chi connectivity index (χ2v) is 7.99. The van der Waals surface area contributed by atoms with Crippen LogP contribution in [0.5, 0.6) is 11.5 Å². The maximum atomic E-state index is 13.5. The van der Waals surface area contributed by atoms with Crippen molar-refractivity contribution in [3.05, 3.63) is 91.9 Å². The largest absolute Gasteiger partial charge is 0.493 e. The highest BCUT2D eigenvalue weighted by molar-refractivity contribution is 9.10. The molecular formula is C24H18BrClN2O3. The molecule has 0 saturated carbocycles. The first kappa shape index (κ1) is 21.2. The molecule has 1 aromatic heterocycles. The zero-order chi connectivity index (χ0) is 22.0. The van der Waals surface area contributed by atoms with Crippen molar-refractivity contribution in [3.63, 3.8) is 0 Å². The summed E-state index contributed by atoms with van der Waals surface area (Å²) < 4.78 is 13.2. The molecule has 0 spiro atoms. The standard InChI is InChI=1S/C24H18BrClN2O3/c1-30-21-13-18-20(14-22(21)31-2)27-23(12-7-15-5-3-4-6-19(15)26)28(24(18)29)17-10-8-16(25)9-11-17/h3-14H,1-2H3/b12-7+. The predicted molar refractivity (Wildman–Crippen MR) is 129 cm³/mol. The maximum Gasteiger partial charge on any atom is 0.266 e. The molecule has 0 aliphatic heterocycles. The highest BCUT2D eigenvalue weighted by atomic mass is 79.9. The summed E-state index contributed by atoms with van der Waals surface area (Å²) in [6.45, 7) is 0. The Hall–Kier alpha value is -3.09. The van der Waals surface area contributed by atoms with Crippen LogP contribution in [0, 0.1) is 0 Å². The lowest BCUT2D eigenvalue weighted by Crippen LogP contribution is -2.22. The van der Waals surface area contributed by atoms with E-state index in [-0.39, 0.29) is 5.56 Å². The van der Waals surface area contributed by atoms with E-state index in [2.05, 4.69) is 15.9 Å². The maximum absolute atomic E-state index is 13.5. The molecule has 7 heteroatoms. The van der Waals surface area contributed by atoms with Crippen molar-refractivity contribution >= 4 is 50.6 Å². The third kappa shape index (κ3) is 4.22. The molecule has 0 radical (unpaired) electrons. The van der Waals surface area contributed by atoms with Crippen LogP contribution in [0.2, 0.25) is 5.02 Å². The van der Waals surface area contributed by atoms with Crippen LogP contribution >= 0.6 is 27.5 Å². The summed E-state index contributed by atoms with van der Waals surface area (Å²) in [5, 5.41) is 1.04. The van der Waals surface area contributed by atoms with Gasteiger partial charge in [-0.15, -0.1) is 0 Å². The highest BCUT2D eigenvalue weighted by Gasteiger charge is 2.15. The highest BCUT2D eigenvalue weighted by Crippen LogP contribution is 2.31. The quantitative estimate of drug-likeness (QED) is 0.340. The summed E-state index contributed by atoms with van der Waals surface area (Å²) >= 11 is 9.72. The molecule has 31 heavy (non-hydrogen) atoms. The Labute approximate surface area is 192 Å². The van der Waals surface area contributed by atoms with Crippen LogP contribution in [0.1, 0.15) is 11.4 Å². The van der Waals surface area contributed by atoms with Gasteiger partial charge in [-0.25, -0.2) is 4.98 Å². The molecule has 0 saturated heterocycles. The molecule has 3 aromatic carbocycles. The van der Waals surface area contributed by atoms with Gasteiger partial charge in [-0.1, -0.05) is 45.7 Å². The Morgan fingerprint density at radius 3 is 2.32 bits per heavy atom. The van der Waals surface area contributed by atoms with E-state index >= 15 is 0 Å². The summed E-state index contributed by atoms with van der Waals surface area (Å²) in [6, 6.07) is 18.3. The first-order valence-electron chi connectivity index (χ1n) is 9.39. The number of rotatable bonds is 5. The van der Waals surface area contributed by atoms with Crippen molar-refractivity contribution < 1.29 is 9.47 Å². The SMILES string of the molecule is COc1cc2nc(/C=C/c3ccccc3Cl)n(-c3ccc(Br)cc3)c(=O)c2cc1OC. The smallest absolute Gasteiger partial charge is 0.266 e. The first-order valence-corrected chi connectivity index (χ1v) is 10.6. The minimum absolute atomic E-state index is 0.216. The Kier molecular flexibility index (Phi) is 6.11. The van der Waals surface area contributed by atoms with Crippen LogP contribution in [0.4, 0.5) is 0 Å². The molecule has 0 N–H and O–H groups in total. The first-order chi connectivity index (χ1) is 15.0. The van der Waals surface area contributed by atoms with Gasteiger partial charge in [0.1, 0.15) is 5.82 Å². The molecule has 0 fully saturated rings. The summed E-state index contributed by atoms with van der Waals surface area (Å²) in [5.41, 5.74) is 1.81. The van der Waals surface area contributed by atoms with Gasteiger partial charge in [-0.3, -0.25) is 9.36 Å². The van der Waals surface area contributed by atoms with E-state index in [0.29, 0.717) is 38.9 Å². The second-order valence-electron chi connectivity index (χ2n) is 6.67. The van der Waals surface area contributed by atoms with Gasteiger partial charge in [0.2, 0.25) is 0 Å². The lowest BCUT2D eigenvalue weighted by molar-refractivity contribution is 0.355. The van der Waals surface area contributed by atoms with Crippen LogP contribution in [-0.4, -0.2) is 23.8 Å². The molecule has 4 aromatic rings. The molecule has 0 bridgehead atoms. The number of nitrogens with zero attached hydrogens (tertiary/aromatic N) is 2. The third-order valence-electron chi connectivity index (χ3n) is 4.80. The summed E-state index contributed by atoms with van der Waals surface area (Å²) in [6.07, 6.45) is 3.62. The van der Waals surface area contributed by atoms with Crippen LogP contribution in [0.15, 0.2) is 69.9 Å². The van der Waals surface area contributed by atoms with Gasteiger partial charge >= 0.3 is 0 Å². The van der Waals surface area contributed by atoms with Gasteiger partial charge in [0, 0.05) is 15.6 Å². The van der Waals surface area contributed by atoms with Crippen LogP contribution in [-0.2, 0) is 0 Å². The van der Waals surface area contributed by atoms with Crippen molar-refractivity contribution in [2.45, 2.75) is 0 Å². The van der Waals surface area contributed by atoms with Crippen molar-refractivity contribution in [2.24, 2.45) is 0 Å². The molecule has 5 nitrogen and oxygen atoms in total. The van der Waals surface area contributed by atoms with Crippen molar-refractivity contribution in [1.82, 2.24) is 9.55 Å². The second kappa shape index (κ2) is 8.96. The summed E-state index contributed by atoms with van der Waals surface area (Å²) in [5.74, 6) is 1.44. The summed E-state index contributed by atoms with van der Waals surface area (Å²) in [4.78, 5) is 18.3. The van der Waals surface area contributed by atoms with Crippen molar-refractivity contribution in [2.75, 3.05) is 14.2 Å². The average Bonchev–Trinajstić information content (AvgIpc) is 2.78. The van der Waals surface area contributed by atoms with E-state index in [9.17, 15) is 4.79 Å². The van der Waals surface area contributed by atoms with E-state index in [1.807, 2.05) is 54.6 Å². The fourth-order valence-corrected chi connectivity index (χ4v) is 3.72. The van der Waals surface area contributed by atoms with Gasteiger partial charge in [0.15, 0.2) is 11.5 Å². The minimum Gasteiger partial charge on any atom is -0.493 e. The molecule has 1 heterocycles. The van der Waals surface area contributed by atoms with Crippen LogP contribution in [0.3, 0.4) is 0 Å². The lowest BCUT2D eigenvalue weighted by Gasteiger charge is -2.14. The minimum atomic E-state index is -0.216. The fraction of sp³-hybridized carbons (Fsp3) is 0.0833. The Morgan fingerprint density at radius 2 is 1.65 bits per heavy atom. The molecule has 0 unspecified atom stereocenters. The molecule has 156 valence electrons. The Balaban J connectivity index is 1.99. The number of hydrogen-bond acceptors (Lipinski definition) is 4. The number of aromatic nitrogens is 2. The number of hydrogen-bond donors (Lipinski definition) is 0. The van der Waals surface area contributed by atoms with Gasteiger partial charge in [0.05, 0.1) is 30.8 Å². The van der Waals surface area contributed by atoms with Crippen molar-refractivity contribution in [1.29, 1.82) is 0 Å². The number of fused-ring (bicyclic) bond motifs is 1. The Bertz CT molecular complexity index is 1350. The number of methoxy groups -OCH3 is 2. The van der Waals surface area contributed by atoms with E-state index in [1.165, 1.54) is 7.11 Å². The third-order valence-corrected chi connectivity index (χ3v) is 5.67. The zero-order valence-electron chi connectivity index (χ0n) is 16.8. The lowest BCUT2D eigenvalue weighted by atomic mass is 10.2. The fourth-order valence-electron chi connectivity index (χ4n) is 3.26. The van der Waals surface area contributed by atoms with Crippen LogP contribution < -0.4 is 15.0 Å². The molecule has 4 rings (SSSR count). The number of halogens is 2. The van der Waals surface area contributed by atoms with E-state index in [1.54, 1.807) is 29.9 Å². The van der Waals surface area contributed by atoms with E-state index in [4.69, 9.17) is 26.1 Å². The normalized spacial score (nSPS) is 11.2. The number of ether oxygens (including phenoxy) is 2. The van der Waals surface area contributed by atoms with Gasteiger partial charge < -0.3 is 9.47 Å². The topological polar surface area (TPSA) is 53.4 Å². The van der Waals surface area contributed by atoms with Gasteiger partial charge in [-0.2, -0.15) is 0 Å². The molecule has 0 aliphatic carbocycles. The summed E-state index contributed by atoms with van der Waals surface area (Å²) in [7, 11) is 3.08. The molecule has 0 aliphatic rings. The average molecular weight is 498 g/mol. The van der Waals surface area contributed by atoms with Crippen molar-refractivity contribution in [3.8, 4) is 17.2 Å². The predicted octanol–water partition coefficient (Wildman–Crippen LogP) is 5.99. The van der Waals surface area contributed by atoms with Gasteiger partial charge in [-0.05, 0) is 54.1 Å².